The maximum Gasteiger partial charge on any atom is 0.306 e. The summed E-state index contributed by atoms with van der Waals surface area (Å²) in [5.74, 6) is -0.960. The third-order valence-corrected chi connectivity index (χ3v) is 11.2. The SMILES string of the molecule is CC/C=C\C/C=C\C/C=C\C/C=C\C/C=C\C/C=C\C/C=C\C/C=C\C/C=C\CCCCCC(=O)OC(COC(=O)CCC/C=C\C/C=C\C/C=C\C/C=C\C/C=C\CC)COP(=O)([O-])OCC[N+](C)(C)C. The van der Waals surface area contributed by atoms with Crippen LogP contribution in [0.15, 0.2) is 170 Å². The quantitative estimate of drug-likeness (QED) is 0.0195. The maximum atomic E-state index is 12.8. The fourth-order valence-electron chi connectivity index (χ4n) is 6.15. The average molecular weight is 1010 g/mol. The summed E-state index contributed by atoms with van der Waals surface area (Å²) < 4.78 is 33.9. The van der Waals surface area contributed by atoms with Crippen LogP contribution < -0.4 is 4.89 Å². The van der Waals surface area contributed by atoms with Crippen molar-refractivity contribution in [3.63, 3.8) is 0 Å². The Kier molecular flexibility index (Phi) is 48.0. The van der Waals surface area contributed by atoms with E-state index >= 15 is 0 Å². The minimum atomic E-state index is -4.67. The third kappa shape index (κ3) is 54.7. The van der Waals surface area contributed by atoms with E-state index in [-0.39, 0.29) is 26.1 Å². The fourth-order valence-corrected chi connectivity index (χ4v) is 6.88. The molecule has 0 aromatic heterocycles. The van der Waals surface area contributed by atoms with Gasteiger partial charge in [-0.1, -0.05) is 190 Å². The lowest BCUT2D eigenvalue weighted by Gasteiger charge is -2.28. The number of rotatable bonds is 46. The molecule has 0 aliphatic rings. The van der Waals surface area contributed by atoms with E-state index in [4.69, 9.17) is 18.5 Å². The Hall–Kier alpha value is -4.63. The van der Waals surface area contributed by atoms with Crippen LogP contribution in [0.1, 0.15) is 155 Å². The van der Waals surface area contributed by atoms with Gasteiger partial charge in [-0.25, -0.2) is 0 Å². The van der Waals surface area contributed by atoms with Gasteiger partial charge in [-0.15, -0.1) is 0 Å². The van der Waals surface area contributed by atoms with Crippen molar-refractivity contribution in [2.24, 2.45) is 0 Å². The summed E-state index contributed by atoms with van der Waals surface area (Å²) in [5, 5.41) is 0. The van der Waals surface area contributed by atoms with Crippen LogP contribution in [0.4, 0.5) is 0 Å². The van der Waals surface area contributed by atoms with E-state index < -0.39 is 32.5 Å². The van der Waals surface area contributed by atoms with Crippen molar-refractivity contribution >= 4 is 19.8 Å². The number of ether oxygens (including phenoxy) is 2. The van der Waals surface area contributed by atoms with Gasteiger partial charge in [0.05, 0.1) is 27.7 Å². The summed E-state index contributed by atoms with van der Waals surface area (Å²) in [7, 11) is 1.08. The number of carbonyl (C=O) groups excluding carboxylic acids is 2. The second kappa shape index (κ2) is 51.3. The van der Waals surface area contributed by atoms with Gasteiger partial charge in [0, 0.05) is 12.8 Å². The molecule has 72 heavy (non-hydrogen) atoms. The number of quaternary nitrogens is 1. The summed E-state index contributed by atoms with van der Waals surface area (Å²) in [6.45, 7) is 3.85. The Bertz CT molecular complexity index is 1810. The number of hydrogen-bond acceptors (Lipinski definition) is 8. The molecule has 402 valence electrons. The molecular formula is C62H96NO8P. The topological polar surface area (TPSA) is 111 Å². The number of nitrogens with zero attached hydrogens (tertiary/aromatic N) is 1. The van der Waals surface area contributed by atoms with E-state index in [2.05, 4.69) is 178 Å². The lowest BCUT2D eigenvalue weighted by Crippen LogP contribution is -2.37. The molecule has 0 saturated heterocycles. The van der Waals surface area contributed by atoms with Gasteiger partial charge in [0.1, 0.15) is 19.8 Å². The minimum absolute atomic E-state index is 0.0576. The van der Waals surface area contributed by atoms with Crippen molar-refractivity contribution in [1.29, 1.82) is 0 Å². The molecule has 9 nitrogen and oxygen atoms in total. The van der Waals surface area contributed by atoms with Crippen molar-refractivity contribution in [2.45, 2.75) is 161 Å². The zero-order valence-electron chi connectivity index (χ0n) is 45.3. The summed E-state index contributed by atoms with van der Waals surface area (Å²) in [4.78, 5) is 37.7. The molecule has 0 bridgehead atoms. The number of phosphoric ester groups is 1. The van der Waals surface area contributed by atoms with Crippen LogP contribution in [0.5, 0.6) is 0 Å². The molecule has 2 atom stereocenters. The van der Waals surface area contributed by atoms with E-state index in [1.807, 2.05) is 27.2 Å². The van der Waals surface area contributed by atoms with Gasteiger partial charge >= 0.3 is 11.9 Å². The standard InChI is InChI=1S/C62H96NO8P/c1-6-8-10-12-14-16-18-20-22-24-25-26-27-28-29-30-31-32-33-34-35-36-37-39-41-43-45-47-49-51-53-55-62(65)71-60(59-70-72(66,67)69-57-56-63(3,4)5)58-68-61(64)54-52-50-48-46-44-42-40-38-23-21-19-17-15-13-11-9-7-2/h8-11,14-17,20-23,25-26,28-29,31-32,34-35,37,39-40,42-43,45-46,48,60H,6-7,12-13,18-19,24,27,30,33,36,38,41,44,47,49-59H2,1-5H3/b10-8-,11-9-,16-14-,17-15-,22-20-,23-21-,26-25-,29-28-,32-31-,35-34-,39-37-,42-40-,45-43-,48-46-. The van der Waals surface area contributed by atoms with Crippen molar-refractivity contribution in [1.82, 2.24) is 0 Å². The molecule has 0 aliphatic carbocycles. The Morgan fingerprint density at radius 2 is 0.764 bits per heavy atom. The fraction of sp³-hybridized carbons (Fsp3) is 0.516. The van der Waals surface area contributed by atoms with Gasteiger partial charge in [0.2, 0.25) is 0 Å². The van der Waals surface area contributed by atoms with Crippen LogP contribution in [-0.4, -0.2) is 70.0 Å². The Morgan fingerprint density at radius 3 is 1.12 bits per heavy atom. The number of phosphoric acid groups is 1. The second-order valence-electron chi connectivity index (χ2n) is 18.1. The molecule has 0 aromatic rings. The molecule has 0 amide bonds. The lowest BCUT2D eigenvalue weighted by atomic mass is 10.1. The minimum Gasteiger partial charge on any atom is -0.756 e. The van der Waals surface area contributed by atoms with Crippen LogP contribution in [0, 0.1) is 0 Å². The average Bonchev–Trinajstić information content (AvgIpc) is 3.34. The number of allylic oxidation sites excluding steroid dienone is 28. The Morgan fingerprint density at radius 1 is 0.431 bits per heavy atom. The molecule has 0 fully saturated rings. The van der Waals surface area contributed by atoms with Crippen LogP contribution >= 0.6 is 7.82 Å². The lowest BCUT2D eigenvalue weighted by molar-refractivity contribution is -0.870. The number of hydrogen-bond donors (Lipinski definition) is 0. The number of likely N-dealkylation sites (N-methyl/N-ethyl adjacent to an activating group) is 1. The highest BCUT2D eigenvalue weighted by molar-refractivity contribution is 7.45. The highest BCUT2D eigenvalue weighted by Crippen LogP contribution is 2.38. The van der Waals surface area contributed by atoms with Gasteiger partial charge in [-0.3, -0.25) is 14.2 Å². The molecule has 0 aromatic carbocycles. The van der Waals surface area contributed by atoms with Crippen molar-refractivity contribution in [2.75, 3.05) is 47.5 Å². The van der Waals surface area contributed by atoms with E-state index in [1.54, 1.807) is 0 Å². The zero-order valence-corrected chi connectivity index (χ0v) is 46.2. The summed E-state index contributed by atoms with van der Waals surface area (Å²) >= 11 is 0. The second-order valence-corrected chi connectivity index (χ2v) is 19.5. The predicted molar refractivity (Wildman–Crippen MR) is 304 cm³/mol. The Labute approximate surface area is 438 Å². The summed E-state index contributed by atoms with van der Waals surface area (Å²) in [6, 6.07) is 0. The van der Waals surface area contributed by atoms with E-state index in [0.717, 1.165) is 109 Å². The van der Waals surface area contributed by atoms with Gasteiger partial charge in [0.25, 0.3) is 7.82 Å². The first kappa shape index (κ1) is 67.4. The van der Waals surface area contributed by atoms with Crippen molar-refractivity contribution < 1.29 is 42.1 Å². The predicted octanol–water partition coefficient (Wildman–Crippen LogP) is 16.1. The first-order chi connectivity index (χ1) is 35.0. The Balaban J connectivity index is 4.40. The molecule has 2 unspecified atom stereocenters. The molecule has 0 saturated carbocycles. The summed E-state index contributed by atoms with van der Waals surface area (Å²) in [5.41, 5.74) is 0. The number of esters is 2. The number of unbranched alkanes of at least 4 members (excludes halogenated alkanes) is 4. The van der Waals surface area contributed by atoms with Gasteiger partial charge in [0.15, 0.2) is 6.10 Å². The largest absolute Gasteiger partial charge is 0.756 e. The molecule has 0 rings (SSSR count). The van der Waals surface area contributed by atoms with Gasteiger partial charge in [-0.05, 0) is 122 Å². The van der Waals surface area contributed by atoms with Crippen LogP contribution in [0.25, 0.3) is 0 Å². The highest BCUT2D eigenvalue weighted by atomic mass is 31.2. The molecule has 0 heterocycles. The van der Waals surface area contributed by atoms with Gasteiger partial charge in [-0.2, -0.15) is 0 Å². The van der Waals surface area contributed by atoms with E-state index in [0.29, 0.717) is 30.3 Å². The normalized spacial score (nSPS) is 14.7. The zero-order chi connectivity index (χ0) is 52.7. The molecule has 10 heteroatoms. The smallest absolute Gasteiger partial charge is 0.306 e. The van der Waals surface area contributed by atoms with Crippen molar-refractivity contribution in [3.05, 3.63) is 170 Å². The summed E-state index contributed by atoms with van der Waals surface area (Å²) in [6.07, 6.45) is 78.3. The van der Waals surface area contributed by atoms with Crippen molar-refractivity contribution in [3.8, 4) is 0 Å². The monoisotopic (exact) mass is 1010 g/mol. The van der Waals surface area contributed by atoms with Gasteiger partial charge < -0.3 is 27.9 Å². The number of carbonyl (C=O) groups is 2. The van der Waals surface area contributed by atoms with Crippen LogP contribution in [-0.2, 0) is 32.7 Å². The molecular weight excluding hydrogens is 918 g/mol. The highest BCUT2D eigenvalue weighted by Gasteiger charge is 2.21. The van der Waals surface area contributed by atoms with Crippen LogP contribution in [0.2, 0.25) is 0 Å². The first-order valence-electron chi connectivity index (χ1n) is 26.8. The molecule has 0 N–H and O–H groups in total. The molecule has 0 radical (unpaired) electrons. The maximum absolute atomic E-state index is 12.8. The third-order valence-electron chi connectivity index (χ3n) is 10.2. The first-order valence-corrected chi connectivity index (χ1v) is 28.3. The van der Waals surface area contributed by atoms with E-state index in [9.17, 15) is 19.0 Å². The van der Waals surface area contributed by atoms with E-state index in [1.165, 1.54) is 0 Å². The van der Waals surface area contributed by atoms with Crippen LogP contribution in [0.3, 0.4) is 0 Å². The molecule has 0 aliphatic heterocycles. The molecule has 0 spiro atoms.